The average molecular weight is 373 g/mol. The molecule has 1 aliphatic heterocycles. The molecule has 0 bridgehead atoms. The summed E-state index contributed by atoms with van der Waals surface area (Å²) >= 11 is 0. The number of nitrogens with zero attached hydrogens (tertiary/aromatic N) is 2. The molecule has 1 aliphatic rings. The Morgan fingerprint density at radius 1 is 0.962 bits per heavy atom. The first-order valence-electron chi connectivity index (χ1n) is 9.34. The third-order valence-electron chi connectivity index (χ3n) is 5.39. The standard InChI is InChI=1S/C21H28N2O2S/c1-4-17(2)19-9-11-20(12-10-19)26(24,25)23-15-13-22(14-16-23)21-8-6-5-7-18(21)3/h5-12,17H,4,13-16H2,1-3H3. The van der Waals surface area contributed by atoms with E-state index in [0.29, 0.717) is 23.9 Å². The van der Waals surface area contributed by atoms with E-state index in [1.54, 1.807) is 16.4 Å². The zero-order valence-electron chi connectivity index (χ0n) is 15.9. The number of hydrogen-bond donors (Lipinski definition) is 0. The highest BCUT2D eigenvalue weighted by Gasteiger charge is 2.28. The maximum Gasteiger partial charge on any atom is 0.243 e. The van der Waals surface area contributed by atoms with Gasteiger partial charge in [-0.15, -0.1) is 0 Å². The summed E-state index contributed by atoms with van der Waals surface area (Å²) in [4.78, 5) is 2.67. The van der Waals surface area contributed by atoms with Crippen LogP contribution in [0.25, 0.3) is 0 Å². The molecule has 1 atom stereocenters. The molecule has 1 unspecified atom stereocenters. The van der Waals surface area contributed by atoms with Crippen molar-refractivity contribution < 1.29 is 8.42 Å². The van der Waals surface area contributed by atoms with Crippen LogP contribution in [-0.2, 0) is 10.0 Å². The van der Waals surface area contributed by atoms with Gasteiger partial charge in [0.05, 0.1) is 4.90 Å². The van der Waals surface area contributed by atoms with Crippen molar-refractivity contribution in [3.8, 4) is 0 Å². The van der Waals surface area contributed by atoms with E-state index in [-0.39, 0.29) is 0 Å². The van der Waals surface area contributed by atoms with Gasteiger partial charge in [0.15, 0.2) is 0 Å². The molecule has 4 nitrogen and oxygen atoms in total. The van der Waals surface area contributed by atoms with Gasteiger partial charge in [-0.25, -0.2) is 8.42 Å². The lowest BCUT2D eigenvalue weighted by Crippen LogP contribution is -2.48. The molecular formula is C21H28N2O2S. The molecule has 26 heavy (non-hydrogen) atoms. The minimum Gasteiger partial charge on any atom is -0.369 e. The van der Waals surface area contributed by atoms with Crippen molar-refractivity contribution in [2.24, 2.45) is 0 Å². The average Bonchev–Trinajstić information content (AvgIpc) is 2.68. The summed E-state index contributed by atoms with van der Waals surface area (Å²) in [6.07, 6.45) is 1.05. The SMILES string of the molecule is CCC(C)c1ccc(S(=O)(=O)N2CCN(c3ccccc3C)CC2)cc1. The quantitative estimate of drug-likeness (QED) is 0.796. The smallest absolute Gasteiger partial charge is 0.243 e. The van der Waals surface area contributed by atoms with Crippen LogP contribution in [0.3, 0.4) is 0 Å². The summed E-state index contributed by atoms with van der Waals surface area (Å²) in [7, 11) is -3.42. The van der Waals surface area contributed by atoms with Crippen molar-refractivity contribution in [3.05, 3.63) is 59.7 Å². The van der Waals surface area contributed by atoms with Crippen LogP contribution >= 0.6 is 0 Å². The van der Waals surface area contributed by atoms with Crippen molar-refractivity contribution in [2.75, 3.05) is 31.1 Å². The maximum absolute atomic E-state index is 13.0. The van der Waals surface area contributed by atoms with E-state index < -0.39 is 10.0 Å². The van der Waals surface area contributed by atoms with Crippen LogP contribution in [0.4, 0.5) is 5.69 Å². The molecule has 0 N–H and O–H groups in total. The molecule has 140 valence electrons. The van der Waals surface area contributed by atoms with Gasteiger partial charge in [-0.1, -0.05) is 44.2 Å². The van der Waals surface area contributed by atoms with Crippen LogP contribution in [0, 0.1) is 6.92 Å². The highest BCUT2D eigenvalue weighted by Crippen LogP contribution is 2.25. The fourth-order valence-electron chi connectivity index (χ4n) is 3.44. The van der Waals surface area contributed by atoms with Crippen LogP contribution in [-0.4, -0.2) is 38.9 Å². The van der Waals surface area contributed by atoms with E-state index in [2.05, 4.69) is 37.8 Å². The van der Waals surface area contributed by atoms with Gasteiger partial charge >= 0.3 is 0 Å². The van der Waals surface area contributed by atoms with Crippen LogP contribution in [0.15, 0.2) is 53.4 Å². The Kier molecular flexibility index (Phi) is 5.68. The first-order valence-corrected chi connectivity index (χ1v) is 10.8. The van der Waals surface area contributed by atoms with Gasteiger partial charge in [0, 0.05) is 31.9 Å². The number of para-hydroxylation sites is 1. The lowest BCUT2D eigenvalue weighted by Gasteiger charge is -2.36. The van der Waals surface area contributed by atoms with E-state index >= 15 is 0 Å². The first kappa shape index (κ1) is 18.9. The van der Waals surface area contributed by atoms with Crippen LogP contribution in [0.1, 0.15) is 37.3 Å². The third kappa shape index (κ3) is 3.79. The molecular weight excluding hydrogens is 344 g/mol. The molecule has 0 amide bonds. The second kappa shape index (κ2) is 7.80. The lowest BCUT2D eigenvalue weighted by molar-refractivity contribution is 0.384. The minimum atomic E-state index is -3.42. The molecule has 0 radical (unpaired) electrons. The first-order chi connectivity index (χ1) is 12.4. The fourth-order valence-corrected chi connectivity index (χ4v) is 4.86. The summed E-state index contributed by atoms with van der Waals surface area (Å²) in [5.41, 5.74) is 3.61. The Labute approximate surface area is 157 Å². The number of aryl methyl sites for hydroxylation is 1. The second-order valence-corrected chi connectivity index (χ2v) is 8.99. The van der Waals surface area contributed by atoms with Crippen molar-refractivity contribution in [1.82, 2.24) is 4.31 Å². The molecule has 1 fully saturated rings. The van der Waals surface area contributed by atoms with Crippen molar-refractivity contribution in [3.63, 3.8) is 0 Å². The van der Waals surface area contributed by atoms with Crippen molar-refractivity contribution in [1.29, 1.82) is 0 Å². The highest BCUT2D eigenvalue weighted by atomic mass is 32.2. The Hall–Kier alpha value is -1.85. The van der Waals surface area contributed by atoms with E-state index in [4.69, 9.17) is 0 Å². The fraction of sp³-hybridized carbons (Fsp3) is 0.429. The van der Waals surface area contributed by atoms with Gasteiger partial charge in [-0.2, -0.15) is 4.31 Å². The molecule has 0 saturated carbocycles. The van der Waals surface area contributed by atoms with Gasteiger partial charge < -0.3 is 4.90 Å². The third-order valence-corrected chi connectivity index (χ3v) is 7.31. The monoisotopic (exact) mass is 372 g/mol. The number of sulfonamides is 1. The lowest BCUT2D eigenvalue weighted by atomic mass is 9.99. The predicted molar refractivity (Wildman–Crippen MR) is 107 cm³/mol. The molecule has 2 aromatic carbocycles. The molecule has 0 aromatic heterocycles. The largest absolute Gasteiger partial charge is 0.369 e. The summed E-state index contributed by atoms with van der Waals surface area (Å²) in [6, 6.07) is 15.7. The molecule has 0 spiro atoms. The molecule has 0 aliphatic carbocycles. The molecule has 5 heteroatoms. The van der Waals surface area contributed by atoms with E-state index in [0.717, 1.165) is 19.5 Å². The van der Waals surface area contributed by atoms with E-state index in [1.165, 1.54) is 16.8 Å². The number of benzene rings is 2. The Balaban J connectivity index is 1.71. The van der Waals surface area contributed by atoms with Crippen molar-refractivity contribution in [2.45, 2.75) is 38.0 Å². The molecule has 3 rings (SSSR count). The Morgan fingerprint density at radius 2 is 1.58 bits per heavy atom. The summed E-state index contributed by atoms with van der Waals surface area (Å²) in [5, 5.41) is 0. The number of hydrogen-bond acceptors (Lipinski definition) is 3. The Bertz CT molecular complexity index is 839. The normalized spacial score (nSPS) is 17.3. The van der Waals surface area contributed by atoms with E-state index in [9.17, 15) is 8.42 Å². The van der Waals surface area contributed by atoms with Gasteiger partial charge in [-0.05, 0) is 48.6 Å². The Morgan fingerprint density at radius 3 is 2.15 bits per heavy atom. The van der Waals surface area contributed by atoms with Gasteiger partial charge in [0.25, 0.3) is 0 Å². The van der Waals surface area contributed by atoms with E-state index in [1.807, 2.05) is 24.3 Å². The predicted octanol–water partition coefficient (Wildman–Crippen LogP) is 4.02. The van der Waals surface area contributed by atoms with Gasteiger partial charge in [0.1, 0.15) is 0 Å². The topological polar surface area (TPSA) is 40.6 Å². The highest BCUT2D eigenvalue weighted by molar-refractivity contribution is 7.89. The van der Waals surface area contributed by atoms with Crippen LogP contribution in [0.2, 0.25) is 0 Å². The number of anilines is 1. The summed E-state index contributed by atoms with van der Waals surface area (Å²) in [6.45, 7) is 8.87. The second-order valence-electron chi connectivity index (χ2n) is 7.06. The maximum atomic E-state index is 13.0. The zero-order chi connectivity index (χ0) is 18.7. The van der Waals surface area contributed by atoms with Crippen LogP contribution < -0.4 is 4.90 Å². The minimum absolute atomic E-state index is 0.397. The molecule has 2 aromatic rings. The van der Waals surface area contributed by atoms with Crippen LogP contribution in [0.5, 0.6) is 0 Å². The molecule has 1 saturated heterocycles. The van der Waals surface area contributed by atoms with Gasteiger partial charge in [-0.3, -0.25) is 0 Å². The summed E-state index contributed by atoms with van der Waals surface area (Å²) in [5.74, 6) is 0.449. The molecule has 1 heterocycles. The zero-order valence-corrected chi connectivity index (χ0v) is 16.7. The summed E-state index contributed by atoms with van der Waals surface area (Å²) < 4.78 is 27.5. The van der Waals surface area contributed by atoms with Crippen molar-refractivity contribution >= 4 is 15.7 Å². The number of piperazine rings is 1. The number of rotatable bonds is 5. The van der Waals surface area contributed by atoms with Gasteiger partial charge in [0.2, 0.25) is 10.0 Å².